The Morgan fingerprint density at radius 2 is 2.00 bits per heavy atom. The zero-order chi connectivity index (χ0) is 25.1. The zero-order valence-electron chi connectivity index (χ0n) is 19.7. The molecule has 2 aliphatic rings. The number of anilines is 1. The summed E-state index contributed by atoms with van der Waals surface area (Å²) < 4.78 is 37.6. The number of pyridine rings is 2. The minimum atomic E-state index is -0.742. The molecule has 2 aliphatic heterocycles. The summed E-state index contributed by atoms with van der Waals surface area (Å²) in [4.78, 5) is 29.3. The number of hydrogen-bond acceptors (Lipinski definition) is 7. The predicted molar refractivity (Wildman–Crippen MR) is 138 cm³/mol. The second-order valence-electron chi connectivity index (χ2n) is 9.36. The molecule has 1 aromatic carbocycles. The van der Waals surface area contributed by atoms with Gasteiger partial charge in [0.2, 0.25) is 0 Å². The Kier molecular flexibility index (Phi) is 5.17. The molecule has 0 radical (unpaired) electrons. The molecule has 7 nitrogen and oxygen atoms in total. The SMILES string of the molecule is O=c1c2cc(N3CC[C@@H](Oc4ccnc5ccsc45)C3)nc(-c3ccc(F)cc3F)c2nc2n1CCC2. The third-order valence-corrected chi connectivity index (χ3v) is 7.96. The molecule has 186 valence electrons. The second-order valence-corrected chi connectivity index (χ2v) is 10.3. The quantitative estimate of drug-likeness (QED) is 0.336. The van der Waals surface area contributed by atoms with Crippen molar-refractivity contribution in [3.05, 3.63) is 75.8 Å². The minimum absolute atomic E-state index is 0.0875. The molecule has 0 amide bonds. The molecule has 6 heterocycles. The van der Waals surface area contributed by atoms with Gasteiger partial charge in [0.25, 0.3) is 5.56 Å². The molecular formula is C27H21F2N5O2S. The van der Waals surface area contributed by atoms with Crippen LogP contribution in [0.3, 0.4) is 0 Å². The molecule has 0 unspecified atom stereocenters. The fourth-order valence-electron chi connectivity index (χ4n) is 5.26. The zero-order valence-corrected chi connectivity index (χ0v) is 20.5. The number of halogens is 2. The first kappa shape index (κ1) is 22.3. The highest BCUT2D eigenvalue weighted by Crippen LogP contribution is 2.34. The summed E-state index contributed by atoms with van der Waals surface area (Å²) in [7, 11) is 0. The highest BCUT2D eigenvalue weighted by atomic mass is 32.1. The van der Waals surface area contributed by atoms with E-state index in [0.29, 0.717) is 48.6 Å². The number of rotatable bonds is 4. The van der Waals surface area contributed by atoms with Crippen LogP contribution in [0.5, 0.6) is 5.75 Å². The fourth-order valence-corrected chi connectivity index (χ4v) is 6.06. The average molecular weight is 518 g/mol. The number of ether oxygens (including phenoxy) is 1. The van der Waals surface area contributed by atoms with Crippen molar-refractivity contribution in [3.8, 4) is 17.0 Å². The summed E-state index contributed by atoms with van der Waals surface area (Å²) in [5.74, 6) is 0.596. The molecule has 1 atom stereocenters. The predicted octanol–water partition coefficient (Wildman–Crippen LogP) is 4.95. The smallest absolute Gasteiger partial charge is 0.261 e. The van der Waals surface area contributed by atoms with Crippen LogP contribution in [0.1, 0.15) is 18.7 Å². The van der Waals surface area contributed by atoms with Gasteiger partial charge in [0.15, 0.2) is 0 Å². The number of hydrogen-bond donors (Lipinski definition) is 0. The second kappa shape index (κ2) is 8.58. The summed E-state index contributed by atoms with van der Waals surface area (Å²) in [5, 5.41) is 2.37. The first-order valence-corrected chi connectivity index (χ1v) is 13.1. The van der Waals surface area contributed by atoms with Crippen molar-refractivity contribution >= 4 is 38.3 Å². The topological polar surface area (TPSA) is 73.1 Å². The number of thiophene rings is 1. The molecule has 0 N–H and O–H groups in total. The van der Waals surface area contributed by atoms with Crippen molar-refractivity contribution in [2.75, 3.05) is 18.0 Å². The third-order valence-electron chi connectivity index (χ3n) is 7.05. The number of nitrogens with zero attached hydrogens (tertiary/aromatic N) is 5. The standard InChI is InChI=1S/C27H21F2N5O2S/c28-15-3-4-17(19(29)12-15)24-25-18(27(35)34-9-1-2-22(34)31-25)13-23(32-24)33-10-6-16(14-33)36-21-5-8-30-20-7-11-37-26(20)21/h3-5,7-8,11-13,16H,1-2,6,9-10,14H2/t16-/m1/s1. The van der Waals surface area contributed by atoms with Crippen LogP contribution in [0.15, 0.2) is 52.8 Å². The fraction of sp³-hybridized carbons (Fsp3) is 0.259. The summed E-state index contributed by atoms with van der Waals surface area (Å²) in [6.45, 7) is 1.82. The minimum Gasteiger partial charge on any atom is -0.487 e. The molecule has 37 heavy (non-hydrogen) atoms. The van der Waals surface area contributed by atoms with Gasteiger partial charge >= 0.3 is 0 Å². The molecular weight excluding hydrogens is 496 g/mol. The van der Waals surface area contributed by atoms with Crippen molar-refractivity contribution in [1.82, 2.24) is 19.5 Å². The van der Waals surface area contributed by atoms with Crippen LogP contribution in [-0.4, -0.2) is 38.7 Å². The van der Waals surface area contributed by atoms with E-state index in [1.165, 1.54) is 12.1 Å². The van der Waals surface area contributed by atoms with E-state index in [4.69, 9.17) is 14.7 Å². The molecule has 7 rings (SSSR count). The van der Waals surface area contributed by atoms with E-state index in [1.807, 2.05) is 22.4 Å². The van der Waals surface area contributed by atoms with Crippen molar-refractivity contribution in [2.24, 2.45) is 0 Å². The Morgan fingerprint density at radius 3 is 2.89 bits per heavy atom. The molecule has 0 bridgehead atoms. The van der Waals surface area contributed by atoms with Gasteiger partial charge in [-0.25, -0.2) is 18.7 Å². The lowest BCUT2D eigenvalue weighted by Crippen LogP contribution is -2.26. The van der Waals surface area contributed by atoms with Gasteiger partial charge in [-0.1, -0.05) is 0 Å². The van der Waals surface area contributed by atoms with Crippen LogP contribution in [0.4, 0.5) is 14.6 Å². The lowest BCUT2D eigenvalue weighted by atomic mass is 10.1. The number of aryl methyl sites for hydroxylation is 1. The van der Waals surface area contributed by atoms with Crippen molar-refractivity contribution < 1.29 is 13.5 Å². The highest BCUT2D eigenvalue weighted by molar-refractivity contribution is 7.17. The largest absolute Gasteiger partial charge is 0.487 e. The number of benzene rings is 1. The maximum absolute atomic E-state index is 14.9. The van der Waals surface area contributed by atoms with E-state index >= 15 is 0 Å². The summed E-state index contributed by atoms with van der Waals surface area (Å²) in [6, 6.07) is 8.96. The lowest BCUT2D eigenvalue weighted by molar-refractivity contribution is 0.228. The molecule has 5 aromatic rings. The summed E-state index contributed by atoms with van der Waals surface area (Å²) in [5.41, 5.74) is 1.45. The van der Waals surface area contributed by atoms with Crippen LogP contribution in [0, 0.1) is 11.6 Å². The van der Waals surface area contributed by atoms with Gasteiger partial charge in [-0.15, -0.1) is 11.3 Å². The average Bonchev–Trinajstić information content (AvgIpc) is 3.65. The molecule has 0 spiro atoms. The summed E-state index contributed by atoms with van der Waals surface area (Å²) >= 11 is 1.59. The van der Waals surface area contributed by atoms with Gasteiger partial charge in [-0.2, -0.15) is 0 Å². The maximum atomic E-state index is 14.9. The van der Waals surface area contributed by atoms with Crippen LogP contribution >= 0.6 is 11.3 Å². The highest BCUT2D eigenvalue weighted by Gasteiger charge is 2.28. The van der Waals surface area contributed by atoms with Gasteiger partial charge in [0.05, 0.1) is 22.1 Å². The first-order chi connectivity index (χ1) is 18.0. The molecule has 0 aliphatic carbocycles. The Bertz CT molecular complexity index is 1750. The maximum Gasteiger partial charge on any atom is 0.261 e. The lowest BCUT2D eigenvalue weighted by Gasteiger charge is -2.20. The Balaban J connectivity index is 1.30. The van der Waals surface area contributed by atoms with Crippen LogP contribution < -0.4 is 15.2 Å². The van der Waals surface area contributed by atoms with Crippen LogP contribution in [0.2, 0.25) is 0 Å². The number of aromatic nitrogens is 4. The van der Waals surface area contributed by atoms with E-state index < -0.39 is 11.6 Å². The van der Waals surface area contributed by atoms with E-state index in [9.17, 15) is 13.6 Å². The number of fused-ring (bicyclic) bond motifs is 3. The molecule has 10 heteroatoms. The van der Waals surface area contributed by atoms with Crippen molar-refractivity contribution in [1.29, 1.82) is 0 Å². The van der Waals surface area contributed by atoms with Crippen LogP contribution in [-0.2, 0) is 13.0 Å². The van der Waals surface area contributed by atoms with Gasteiger partial charge in [-0.3, -0.25) is 14.3 Å². The van der Waals surface area contributed by atoms with E-state index in [2.05, 4.69) is 4.98 Å². The van der Waals surface area contributed by atoms with Crippen LogP contribution in [0.25, 0.3) is 32.4 Å². The monoisotopic (exact) mass is 517 g/mol. The van der Waals surface area contributed by atoms with Gasteiger partial charge in [0, 0.05) is 43.8 Å². The van der Waals surface area contributed by atoms with Crippen molar-refractivity contribution in [2.45, 2.75) is 31.9 Å². The summed E-state index contributed by atoms with van der Waals surface area (Å²) in [6.07, 6.45) is 3.92. The van der Waals surface area contributed by atoms with Gasteiger partial charge in [-0.05, 0) is 42.1 Å². The first-order valence-electron chi connectivity index (χ1n) is 12.2. The normalized spacial score (nSPS) is 17.1. The van der Waals surface area contributed by atoms with Gasteiger partial charge < -0.3 is 9.64 Å². The Morgan fingerprint density at radius 1 is 1.08 bits per heavy atom. The van der Waals surface area contributed by atoms with Gasteiger partial charge in [0.1, 0.15) is 46.3 Å². The molecule has 1 saturated heterocycles. The van der Waals surface area contributed by atoms with E-state index in [-0.39, 0.29) is 22.9 Å². The molecule has 1 fully saturated rings. The Hall–Kier alpha value is -3.92. The Labute approximate surface area is 214 Å². The van der Waals surface area contributed by atoms with E-state index in [0.717, 1.165) is 34.9 Å². The third kappa shape index (κ3) is 3.74. The van der Waals surface area contributed by atoms with Crippen molar-refractivity contribution in [3.63, 3.8) is 0 Å². The van der Waals surface area contributed by atoms with E-state index in [1.54, 1.807) is 28.2 Å². The molecule has 0 saturated carbocycles. The molecule has 4 aromatic heterocycles.